The van der Waals surface area contributed by atoms with Crippen LogP contribution in [0.15, 0.2) is 72.8 Å². The second kappa shape index (κ2) is 9.93. The molecule has 1 amide bonds. The number of amides is 1. The first kappa shape index (κ1) is 24.3. The van der Waals surface area contributed by atoms with Crippen LogP contribution in [-0.4, -0.2) is 22.0 Å². The molecule has 1 atom stereocenters. The Morgan fingerprint density at radius 1 is 0.917 bits per heavy atom. The molecular weight excluding hydrogens is 442 g/mol. The molecule has 1 fully saturated rings. The first-order chi connectivity index (χ1) is 17.3. The standard InChI is InChI=1S/C32H37N3O/c1-5-6-9-23-14-18-27(19-15-23)34-22-25(20-30(34)36)31-33-28-10-7-8-11-29(28)35(31)21-24-12-16-26(17-13-24)32(2,3)4/h7-8,10-19,25H,5-6,9,20-22H2,1-4H3. The third kappa shape index (κ3) is 4.95. The van der Waals surface area contributed by atoms with E-state index >= 15 is 0 Å². The average Bonchev–Trinajstić information content (AvgIpc) is 3.43. The summed E-state index contributed by atoms with van der Waals surface area (Å²) in [5.41, 5.74) is 7.15. The van der Waals surface area contributed by atoms with Gasteiger partial charge < -0.3 is 9.47 Å². The minimum atomic E-state index is 0.0681. The summed E-state index contributed by atoms with van der Waals surface area (Å²) in [6.07, 6.45) is 3.97. The molecule has 0 spiro atoms. The van der Waals surface area contributed by atoms with Crippen LogP contribution in [0.3, 0.4) is 0 Å². The number of imidazole rings is 1. The van der Waals surface area contributed by atoms with E-state index in [4.69, 9.17) is 4.98 Å². The van der Waals surface area contributed by atoms with E-state index in [9.17, 15) is 4.79 Å². The number of rotatable bonds is 7. The van der Waals surface area contributed by atoms with Gasteiger partial charge in [-0.2, -0.15) is 0 Å². The molecule has 4 aromatic rings. The molecule has 5 rings (SSSR count). The van der Waals surface area contributed by atoms with Crippen molar-refractivity contribution < 1.29 is 4.79 Å². The van der Waals surface area contributed by atoms with Crippen molar-refractivity contribution in [3.63, 3.8) is 0 Å². The zero-order valence-corrected chi connectivity index (χ0v) is 22.0. The third-order valence-corrected chi connectivity index (χ3v) is 7.40. The summed E-state index contributed by atoms with van der Waals surface area (Å²) in [6, 6.07) is 25.8. The van der Waals surface area contributed by atoms with Gasteiger partial charge in [-0.15, -0.1) is 0 Å². The van der Waals surface area contributed by atoms with Crippen molar-refractivity contribution >= 4 is 22.6 Å². The zero-order valence-electron chi connectivity index (χ0n) is 22.0. The molecule has 1 aliphatic heterocycles. The van der Waals surface area contributed by atoms with Crippen LogP contribution in [0.25, 0.3) is 11.0 Å². The maximum atomic E-state index is 13.1. The highest BCUT2D eigenvalue weighted by molar-refractivity contribution is 5.96. The summed E-state index contributed by atoms with van der Waals surface area (Å²) in [5, 5.41) is 0. The van der Waals surface area contributed by atoms with Crippen molar-refractivity contribution in [2.45, 2.75) is 71.3 Å². The predicted molar refractivity (Wildman–Crippen MR) is 149 cm³/mol. The summed E-state index contributed by atoms with van der Waals surface area (Å²) in [5.74, 6) is 1.25. The molecule has 2 heterocycles. The molecule has 36 heavy (non-hydrogen) atoms. The number of nitrogens with zero attached hydrogens (tertiary/aromatic N) is 3. The third-order valence-electron chi connectivity index (χ3n) is 7.40. The van der Waals surface area contributed by atoms with Crippen LogP contribution in [0.4, 0.5) is 5.69 Å². The van der Waals surface area contributed by atoms with Gasteiger partial charge in [0, 0.05) is 31.1 Å². The molecule has 0 N–H and O–H groups in total. The van der Waals surface area contributed by atoms with E-state index in [1.165, 1.54) is 29.5 Å². The van der Waals surface area contributed by atoms with Gasteiger partial charge in [0.15, 0.2) is 0 Å². The number of hydrogen-bond acceptors (Lipinski definition) is 2. The quantitative estimate of drug-likeness (QED) is 0.280. The number of unbranched alkanes of at least 4 members (excludes halogenated alkanes) is 1. The maximum Gasteiger partial charge on any atom is 0.227 e. The van der Waals surface area contributed by atoms with Gasteiger partial charge in [0.2, 0.25) is 5.91 Å². The van der Waals surface area contributed by atoms with Gasteiger partial charge in [0.1, 0.15) is 5.82 Å². The van der Waals surface area contributed by atoms with Gasteiger partial charge >= 0.3 is 0 Å². The Labute approximate surface area is 215 Å². The van der Waals surface area contributed by atoms with Crippen LogP contribution < -0.4 is 4.90 Å². The molecule has 1 aliphatic rings. The molecule has 4 nitrogen and oxygen atoms in total. The topological polar surface area (TPSA) is 38.1 Å². The summed E-state index contributed by atoms with van der Waals surface area (Å²) in [6.45, 7) is 10.4. The lowest BCUT2D eigenvalue weighted by Crippen LogP contribution is -2.24. The Balaban J connectivity index is 1.42. The number of anilines is 1. The lowest BCUT2D eigenvalue weighted by Gasteiger charge is -2.20. The minimum absolute atomic E-state index is 0.0681. The molecule has 186 valence electrons. The lowest BCUT2D eigenvalue weighted by molar-refractivity contribution is -0.117. The number of hydrogen-bond donors (Lipinski definition) is 0. The molecule has 0 saturated carbocycles. The van der Waals surface area contributed by atoms with Crippen LogP contribution in [0.1, 0.15) is 75.4 Å². The van der Waals surface area contributed by atoms with Crippen LogP contribution in [-0.2, 0) is 23.2 Å². The maximum absolute atomic E-state index is 13.1. The molecular formula is C32H37N3O. The van der Waals surface area contributed by atoms with Crippen LogP contribution >= 0.6 is 0 Å². The summed E-state index contributed by atoms with van der Waals surface area (Å²) >= 11 is 0. The first-order valence-electron chi connectivity index (χ1n) is 13.3. The van der Waals surface area contributed by atoms with Crippen LogP contribution in [0.5, 0.6) is 0 Å². The van der Waals surface area contributed by atoms with Gasteiger partial charge in [-0.3, -0.25) is 4.79 Å². The van der Waals surface area contributed by atoms with Gasteiger partial charge in [0.25, 0.3) is 0 Å². The fourth-order valence-electron chi connectivity index (χ4n) is 5.22. The second-order valence-corrected chi connectivity index (χ2v) is 11.2. The Bertz CT molecular complexity index is 1340. The second-order valence-electron chi connectivity index (χ2n) is 11.2. The molecule has 1 saturated heterocycles. The zero-order chi connectivity index (χ0) is 25.3. The molecule has 1 unspecified atom stereocenters. The summed E-state index contributed by atoms with van der Waals surface area (Å²) < 4.78 is 2.32. The summed E-state index contributed by atoms with van der Waals surface area (Å²) in [4.78, 5) is 20.1. The minimum Gasteiger partial charge on any atom is -0.323 e. The smallest absolute Gasteiger partial charge is 0.227 e. The highest BCUT2D eigenvalue weighted by Gasteiger charge is 2.35. The summed E-state index contributed by atoms with van der Waals surface area (Å²) in [7, 11) is 0. The van der Waals surface area contributed by atoms with E-state index in [0.29, 0.717) is 13.0 Å². The molecule has 0 aliphatic carbocycles. The van der Waals surface area contributed by atoms with Crippen molar-refractivity contribution in [1.82, 2.24) is 9.55 Å². The number of carbonyl (C=O) groups is 1. The van der Waals surface area contributed by atoms with Crippen molar-refractivity contribution in [2.75, 3.05) is 11.4 Å². The normalized spacial score (nSPS) is 16.3. The Morgan fingerprint density at radius 2 is 1.61 bits per heavy atom. The van der Waals surface area contributed by atoms with E-state index in [1.807, 2.05) is 11.0 Å². The SMILES string of the molecule is CCCCc1ccc(N2CC(c3nc4ccccc4n3Cc3ccc(C(C)(C)C)cc3)CC2=O)cc1. The van der Waals surface area contributed by atoms with Crippen LogP contribution in [0, 0.1) is 0 Å². The first-order valence-corrected chi connectivity index (χ1v) is 13.3. The van der Waals surface area contributed by atoms with Gasteiger partial charge in [0.05, 0.1) is 11.0 Å². The predicted octanol–water partition coefficient (Wildman–Crippen LogP) is 7.25. The monoisotopic (exact) mass is 479 g/mol. The number of benzene rings is 3. The largest absolute Gasteiger partial charge is 0.323 e. The van der Waals surface area contributed by atoms with Crippen molar-refractivity contribution in [3.05, 3.63) is 95.3 Å². The number of fused-ring (bicyclic) bond motifs is 1. The van der Waals surface area contributed by atoms with Gasteiger partial charge in [-0.25, -0.2) is 4.98 Å². The molecule has 1 aromatic heterocycles. The number of aryl methyl sites for hydroxylation is 1. The Hall–Kier alpha value is -3.40. The molecule has 3 aromatic carbocycles. The Morgan fingerprint density at radius 3 is 2.31 bits per heavy atom. The van der Waals surface area contributed by atoms with Gasteiger partial charge in [-0.05, 0) is 59.2 Å². The highest BCUT2D eigenvalue weighted by atomic mass is 16.2. The van der Waals surface area contributed by atoms with Crippen molar-refractivity contribution in [3.8, 4) is 0 Å². The van der Waals surface area contributed by atoms with E-state index in [0.717, 1.165) is 35.5 Å². The fourth-order valence-corrected chi connectivity index (χ4v) is 5.22. The van der Waals surface area contributed by atoms with Crippen molar-refractivity contribution in [1.29, 1.82) is 0 Å². The van der Waals surface area contributed by atoms with Crippen molar-refractivity contribution in [2.24, 2.45) is 0 Å². The lowest BCUT2D eigenvalue weighted by atomic mass is 9.87. The molecule has 0 bridgehead atoms. The van der Waals surface area contributed by atoms with Gasteiger partial charge in [-0.1, -0.05) is 82.6 Å². The van der Waals surface area contributed by atoms with Crippen LogP contribution in [0.2, 0.25) is 0 Å². The molecule has 4 heteroatoms. The Kier molecular flexibility index (Phi) is 6.70. The fraction of sp³-hybridized carbons (Fsp3) is 0.375. The molecule has 0 radical (unpaired) electrons. The number of carbonyl (C=O) groups excluding carboxylic acids is 1. The van der Waals surface area contributed by atoms with E-state index in [1.54, 1.807) is 0 Å². The highest BCUT2D eigenvalue weighted by Crippen LogP contribution is 2.34. The van der Waals surface area contributed by atoms with E-state index < -0.39 is 0 Å². The average molecular weight is 480 g/mol. The van der Waals surface area contributed by atoms with E-state index in [-0.39, 0.29) is 17.2 Å². The number of para-hydroxylation sites is 2. The van der Waals surface area contributed by atoms with E-state index in [2.05, 4.69) is 99.0 Å². The number of aromatic nitrogens is 2.